The van der Waals surface area contributed by atoms with Crippen molar-refractivity contribution in [1.82, 2.24) is 9.21 Å². The summed E-state index contributed by atoms with van der Waals surface area (Å²) in [6.45, 7) is 1.82. The summed E-state index contributed by atoms with van der Waals surface area (Å²) in [5.74, 6) is -0.772. The molecule has 0 aromatic heterocycles. The Labute approximate surface area is 158 Å². The molecule has 142 valence electrons. The molecule has 0 unspecified atom stereocenters. The fraction of sp³-hybridized carbons (Fsp3) is 0.529. The number of halogens is 1. The molecule has 0 aliphatic carbocycles. The van der Waals surface area contributed by atoms with Crippen molar-refractivity contribution in [3.8, 4) is 0 Å². The Hall–Kier alpha value is -1.64. The van der Waals surface area contributed by atoms with Gasteiger partial charge in [-0.15, -0.1) is 0 Å². The number of likely N-dealkylation sites (tertiary alicyclic amines) is 1. The van der Waals surface area contributed by atoms with Crippen LogP contribution < -0.4 is 4.90 Å². The third-order valence-electron chi connectivity index (χ3n) is 4.76. The summed E-state index contributed by atoms with van der Waals surface area (Å²) in [7, 11) is -3.51. The van der Waals surface area contributed by atoms with Gasteiger partial charge in [0.1, 0.15) is 0 Å². The van der Waals surface area contributed by atoms with E-state index in [1.165, 1.54) is 4.31 Å². The summed E-state index contributed by atoms with van der Waals surface area (Å²) in [5.41, 5.74) is 0.971. The van der Waals surface area contributed by atoms with Crippen LogP contribution in [0.3, 0.4) is 0 Å². The lowest BCUT2D eigenvalue weighted by molar-refractivity contribution is -0.147. The van der Waals surface area contributed by atoms with Gasteiger partial charge in [0.15, 0.2) is 0 Å². The van der Waals surface area contributed by atoms with E-state index >= 15 is 0 Å². The molecule has 2 fully saturated rings. The molecule has 0 atom stereocenters. The van der Waals surface area contributed by atoms with Crippen molar-refractivity contribution in [3.63, 3.8) is 0 Å². The van der Waals surface area contributed by atoms with Crippen LogP contribution in [-0.4, -0.2) is 67.9 Å². The van der Waals surface area contributed by atoms with Crippen LogP contribution in [0.15, 0.2) is 24.3 Å². The molecule has 9 heteroatoms. The Morgan fingerprint density at radius 2 is 1.65 bits per heavy atom. The molecule has 1 aromatic rings. The van der Waals surface area contributed by atoms with Gasteiger partial charge < -0.3 is 4.90 Å². The lowest BCUT2D eigenvalue weighted by Crippen LogP contribution is -2.51. The molecule has 2 aliphatic rings. The summed E-state index contributed by atoms with van der Waals surface area (Å²) in [6.07, 6.45) is 1.17. The van der Waals surface area contributed by atoms with Crippen LogP contribution in [0.5, 0.6) is 0 Å². The number of piperazine rings is 1. The molecule has 0 N–H and O–H groups in total. The third kappa shape index (κ3) is 4.36. The van der Waals surface area contributed by atoms with Gasteiger partial charge in [-0.05, 0) is 24.6 Å². The smallest absolute Gasteiger partial charge is 0.229 e. The topological polar surface area (TPSA) is 78.0 Å². The van der Waals surface area contributed by atoms with Gasteiger partial charge in [0.25, 0.3) is 0 Å². The zero-order valence-electron chi connectivity index (χ0n) is 14.4. The Balaban J connectivity index is 1.56. The second-order valence-electron chi connectivity index (χ2n) is 6.47. The first-order valence-corrected chi connectivity index (χ1v) is 10.7. The van der Waals surface area contributed by atoms with Crippen molar-refractivity contribution in [3.05, 3.63) is 29.3 Å². The van der Waals surface area contributed by atoms with Gasteiger partial charge in [-0.2, -0.15) is 4.31 Å². The highest BCUT2D eigenvalue weighted by Gasteiger charge is 2.31. The number of imide groups is 1. The average molecular weight is 400 g/mol. The number of anilines is 1. The predicted molar refractivity (Wildman–Crippen MR) is 99.6 cm³/mol. The number of piperidine rings is 1. The molecule has 7 nitrogen and oxygen atoms in total. The molecular formula is C17H22ClN3O4S. The molecule has 0 spiro atoms. The van der Waals surface area contributed by atoms with Crippen LogP contribution in [0.2, 0.25) is 5.02 Å². The van der Waals surface area contributed by atoms with Gasteiger partial charge in [-0.25, -0.2) is 8.42 Å². The molecule has 0 bridgehead atoms. The van der Waals surface area contributed by atoms with Gasteiger partial charge in [0.05, 0.1) is 5.75 Å². The quantitative estimate of drug-likeness (QED) is 0.698. The summed E-state index contributed by atoms with van der Waals surface area (Å²) in [5, 5.41) is 0.647. The Bertz CT molecular complexity index is 775. The molecule has 0 radical (unpaired) electrons. The summed E-state index contributed by atoms with van der Waals surface area (Å²) < 4.78 is 26.6. The number of rotatable bonds is 5. The maximum Gasteiger partial charge on any atom is 0.229 e. The first-order valence-electron chi connectivity index (χ1n) is 8.68. The number of nitrogens with zero attached hydrogens (tertiary/aromatic N) is 3. The highest BCUT2D eigenvalue weighted by Crippen LogP contribution is 2.21. The molecule has 2 amide bonds. The highest BCUT2D eigenvalue weighted by atomic mass is 35.5. The summed E-state index contributed by atoms with van der Waals surface area (Å²) in [4.78, 5) is 26.8. The minimum Gasteiger partial charge on any atom is -0.369 e. The number of hydrogen-bond acceptors (Lipinski definition) is 5. The standard InChI is InChI=1S/C17H22ClN3O4S/c18-14-3-1-4-15(13-14)19-7-9-20(10-8-19)26(24,25)12-11-21-16(22)5-2-6-17(21)23/h1,3-4,13H,2,5-12H2. The molecule has 3 rings (SSSR count). The molecule has 0 saturated carbocycles. The Morgan fingerprint density at radius 3 is 2.27 bits per heavy atom. The fourth-order valence-corrected chi connectivity index (χ4v) is 4.86. The van der Waals surface area contributed by atoms with Crippen LogP contribution in [0.25, 0.3) is 0 Å². The minimum atomic E-state index is -3.51. The van der Waals surface area contributed by atoms with Gasteiger partial charge in [-0.1, -0.05) is 17.7 Å². The SMILES string of the molecule is O=C1CCCC(=O)N1CCS(=O)(=O)N1CCN(c2cccc(Cl)c2)CC1. The monoisotopic (exact) mass is 399 g/mol. The van der Waals surface area contributed by atoms with Crippen molar-refractivity contribution in [2.75, 3.05) is 43.4 Å². The van der Waals surface area contributed by atoms with E-state index in [-0.39, 0.29) is 24.1 Å². The second-order valence-corrected chi connectivity index (χ2v) is 9.00. The lowest BCUT2D eigenvalue weighted by Gasteiger charge is -2.35. The maximum absolute atomic E-state index is 12.6. The largest absolute Gasteiger partial charge is 0.369 e. The van der Waals surface area contributed by atoms with Gasteiger partial charge >= 0.3 is 0 Å². The van der Waals surface area contributed by atoms with Crippen LogP contribution >= 0.6 is 11.6 Å². The summed E-state index contributed by atoms with van der Waals surface area (Å²) in [6, 6.07) is 7.48. The number of carbonyl (C=O) groups is 2. The highest BCUT2D eigenvalue weighted by molar-refractivity contribution is 7.89. The Kier molecular flexibility index (Phi) is 5.84. The van der Waals surface area contributed by atoms with Crippen LogP contribution in [0.1, 0.15) is 19.3 Å². The second kappa shape index (κ2) is 7.94. The van der Waals surface area contributed by atoms with E-state index in [0.29, 0.717) is 50.5 Å². The maximum atomic E-state index is 12.6. The third-order valence-corrected chi connectivity index (χ3v) is 6.85. The van der Waals surface area contributed by atoms with Gasteiger partial charge in [0, 0.05) is 56.3 Å². The predicted octanol–water partition coefficient (Wildman–Crippen LogP) is 1.33. The van der Waals surface area contributed by atoms with Crippen molar-refractivity contribution in [2.45, 2.75) is 19.3 Å². The van der Waals surface area contributed by atoms with E-state index in [0.717, 1.165) is 10.6 Å². The minimum absolute atomic E-state index is 0.0610. The number of carbonyl (C=O) groups excluding carboxylic acids is 2. The van der Waals surface area contributed by atoms with Crippen LogP contribution in [0, 0.1) is 0 Å². The van der Waals surface area contributed by atoms with Crippen molar-refractivity contribution >= 4 is 39.1 Å². The number of amides is 2. The lowest BCUT2D eigenvalue weighted by atomic mass is 10.1. The van der Waals surface area contributed by atoms with E-state index in [1.54, 1.807) is 6.07 Å². The number of benzene rings is 1. The van der Waals surface area contributed by atoms with E-state index in [1.807, 2.05) is 18.2 Å². The van der Waals surface area contributed by atoms with Crippen molar-refractivity contribution < 1.29 is 18.0 Å². The molecule has 2 aliphatic heterocycles. The summed E-state index contributed by atoms with van der Waals surface area (Å²) >= 11 is 6.01. The van der Waals surface area contributed by atoms with E-state index in [9.17, 15) is 18.0 Å². The first-order chi connectivity index (χ1) is 12.4. The van der Waals surface area contributed by atoms with Gasteiger partial charge in [0.2, 0.25) is 21.8 Å². The normalized spacial score (nSPS) is 19.9. The van der Waals surface area contributed by atoms with E-state index in [4.69, 9.17) is 11.6 Å². The van der Waals surface area contributed by atoms with E-state index in [2.05, 4.69) is 4.90 Å². The average Bonchev–Trinajstić information content (AvgIpc) is 2.61. The van der Waals surface area contributed by atoms with Crippen LogP contribution in [-0.2, 0) is 19.6 Å². The van der Waals surface area contributed by atoms with Crippen LogP contribution in [0.4, 0.5) is 5.69 Å². The number of sulfonamides is 1. The zero-order chi connectivity index (χ0) is 18.7. The fourth-order valence-electron chi connectivity index (χ4n) is 3.28. The molecule has 2 heterocycles. The van der Waals surface area contributed by atoms with Gasteiger partial charge in [-0.3, -0.25) is 14.5 Å². The van der Waals surface area contributed by atoms with Crippen molar-refractivity contribution in [2.24, 2.45) is 0 Å². The van der Waals surface area contributed by atoms with Crippen molar-refractivity contribution in [1.29, 1.82) is 0 Å². The molecule has 26 heavy (non-hydrogen) atoms. The number of hydrogen-bond donors (Lipinski definition) is 0. The molecular weight excluding hydrogens is 378 g/mol. The Morgan fingerprint density at radius 1 is 1.00 bits per heavy atom. The van der Waals surface area contributed by atoms with E-state index < -0.39 is 10.0 Å². The molecule has 1 aromatic carbocycles. The first kappa shape index (κ1) is 19.1. The molecule has 2 saturated heterocycles. The zero-order valence-corrected chi connectivity index (χ0v) is 16.0.